The first-order valence-corrected chi connectivity index (χ1v) is 6.95. The van der Waals surface area contributed by atoms with E-state index in [4.69, 9.17) is 0 Å². The molecule has 1 unspecified atom stereocenters. The maximum absolute atomic E-state index is 12.9. The third-order valence-electron chi connectivity index (χ3n) is 4.43. The summed E-state index contributed by atoms with van der Waals surface area (Å²) in [5.41, 5.74) is -5.34. The first-order chi connectivity index (χ1) is 10.2. The molecule has 0 bridgehead atoms. The lowest BCUT2D eigenvalue weighted by Gasteiger charge is -2.35. The van der Waals surface area contributed by atoms with Gasteiger partial charge in [-0.15, -0.1) is 10.3 Å². The fraction of sp³-hybridized carbons (Fsp3) is 0.600. The van der Waals surface area contributed by atoms with Gasteiger partial charge in [0.2, 0.25) is 0 Å². The Balaban J connectivity index is 2.63. The molecule has 1 aliphatic heterocycles. The molecule has 0 aliphatic carbocycles. The Labute approximate surface area is 129 Å². The number of hydrogen-bond acceptors (Lipinski definition) is 1. The summed E-state index contributed by atoms with van der Waals surface area (Å²) in [4.78, 5) is 0. The van der Waals surface area contributed by atoms with E-state index in [0.717, 1.165) is 0 Å². The van der Waals surface area contributed by atoms with Gasteiger partial charge in [0.05, 0.1) is 16.7 Å². The van der Waals surface area contributed by atoms with Crippen molar-refractivity contribution >= 4 is 0 Å². The zero-order valence-corrected chi connectivity index (χ0v) is 12.8. The van der Waals surface area contributed by atoms with Gasteiger partial charge in [0.25, 0.3) is 0 Å². The van der Waals surface area contributed by atoms with Gasteiger partial charge in [0, 0.05) is 5.54 Å². The fourth-order valence-electron chi connectivity index (χ4n) is 2.95. The zero-order valence-electron chi connectivity index (χ0n) is 12.8. The lowest BCUT2D eigenvalue weighted by atomic mass is 9.87. The number of nitrogens with zero attached hydrogens (tertiary/aromatic N) is 1. The van der Waals surface area contributed by atoms with Crippen molar-refractivity contribution in [3.63, 3.8) is 0 Å². The molecular formula is C15H16F6NO. The second kappa shape index (κ2) is 5.11. The minimum Gasteiger partial charge on any atom is -0.166 e. The van der Waals surface area contributed by atoms with Crippen molar-refractivity contribution in [1.82, 2.24) is 5.06 Å². The largest absolute Gasteiger partial charge is 0.416 e. The molecule has 0 N–H and O–H groups in total. The monoisotopic (exact) mass is 340 g/mol. The molecule has 0 spiro atoms. The summed E-state index contributed by atoms with van der Waals surface area (Å²) < 4.78 is 77.6. The highest BCUT2D eigenvalue weighted by Gasteiger charge is 2.50. The average Bonchev–Trinajstić information content (AvgIpc) is 2.61. The Hall–Kier alpha value is -1.28. The molecule has 1 aromatic rings. The van der Waals surface area contributed by atoms with Gasteiger partial charge in [-0.2, -0.15) is 26.3 Å². The molecule has 0 saturated carbocycles. The maximum Gasteiger partial charge on any atom is 0.416 e. The van der Waals surface area contributed by atoms with Crippen LogP contribution in [0.5, 0.6) is 0 Å². The summed E-state index contributed by atoms with van der Waals surface area (Å²) in [6.45, 7) is 4.61. The second-order valence-electron chi connectivity index (χ2n) is 6.68. The summed E-state index contributed by atoms with van der Waals surface area (Å²) >= 11 is 0. The van der Waals surface area contributed by atoms with Gasteiger partial charge in [0.15, 0.2) is 0 Å². The van der Waals surface area contributed by atoms with Crippen LogP contribution in [-0.2, 0) is 23.1 Å². The Morgan fingerprint density at radius 3 is 1.61 bits per heavy atom. The van der Waals surface area contributed by atoms with Crippen molar-refractivity contribution in [3.05, 3.63) is 34.9 Å². The number of halogens is 6. The lowest BCUT2D eigenvalue weighted by Crippen LogP contribution is -2.44. The summed E-state index contributed by atoms with van der Waals surface area (Å²) in [7, 11) is 0. The molecule has 23 heavy (non-hydrogen) atoms. The van der Waals surface area contributed by atoms with E-state index >= 15 is 0 Å². The molecule has 1 fully saturated rings. The van der Waals surface area contributed by atoms with Crippen LogP contribution in [0.2, 0.25) is 0 Å². The predicted molar refractivity (Wildman–Crippen MR) is 69.6 cm³/mol. The number of alkyl halides is 6. The Bertz CT molecular complexity index is 575. The van der Waals surface area contributed by atoms with Crippen LogP contribution in [0, 0.1) is 0 Å². The molecule has 129 valence electrons. The van der Waals surface area contributed by atoms with E-state index < -0.39 is 34.6 Å². The van der Waals surface area contributed by atoms with Crippen molar-refractivity contribution in [1.29, 1.82) is 0 Å². The van der Waals surface area contributed by atoms with Crippen LogP contribution in [0.15, 0.2) is 18.2 Å². The molecule has 2 nitrogen and oxygen atoms in total. The van der Waals surface area contributed by atoms with Crippen molar-refractivity contribution in [2.45, 2.75) is 57.0 Å². The summed E-state index contributed by atoms with van der Waals surface area (Å²) in [5, 5.41) is 13.0. The molecule has 1 radical (unpaired) electrons. The highest BCUT2D eigenvalue weighted by molar-refractivity contribution is 5.38. The molecular weight excluding hydrogens is 324 g/mol. The van der Waals surface area contributed by atoms with Gasteiger partial charge in [-0.25, -0.2) is 0 Å². The Kier molecular flexibility index (Phi) is 4.01. The third-order valence-corrected chi connectivity index (χ3v) is 4.43. The summed E-state index contributed by atoms with van der Waals surface area (Å²) in [5.74, 6) is 0. The first kappa shape index (κ1) is 18.1. The minimum absolute atomic E-state index is 0.0715. The molecule has 0 aromatic heterocycles. The van der Waals surface area contributed by atoms with E-state index in [-0.39, 0.29) is 18.1 Å². The van der Waals surface area contributed by atoms with E-state index in [9.17, 15) is 31.5 Å². The SMILES string of the molecule is CC1(C)CCC(C)(c2cc(C(F)(F)F)cc(C(F)(F)F)c2)N1[O]. The van der Waals surface area contributed by atoms with Crippen molar-refractivity contribution in [2.24, 2.45) is 0 Å². The van der Waals surface area contributed by atoms with Crippen LogP contribution in [-0.4, -0.2) is 10.6 Å². The lowest BCUT2D eigenvalue weighted by molar-refractivity contribution is -0.252. The van der Waals surface area contributed by atoms with Crippen LogP contribution in [0.4, 0.5) is 26.3 Å². The smallest absolute Gasteiger partial charge is 0.166 e. The molecule has 1 heterocycles. The number of hydroxylamine groups is 2. The quantitative estimate of drug-likeness (QED) is 0.648. The second-order valence-corrected chi connectivity index (χ2v) is 6.68. The predicted octanol–water partition coefficient (Wildman–Crippen LogP) is 5.16. The van der Waals surface area contributed by atoms with Crippen LogP contribution >= 0.6 is 0 Å². The highest BCUT2D eigenvalue weighted by Crippen LogP contribution is 2.48. The molecule has 1 atom stereocenters. The van der Waals surface area contributed by atoms with Crippen LogP contribution < -0.4 is 0 Å². The standard InChI is InChI=1S/C15H16F6NO/c1-12(2)4-5-13(3,22(12)23)9-6-10(14(16,17)18)8-11(7-9)15(19,20)21/h6-8H,4-5H2,1-3H3. The van der Waals surface area contributed by atoms with Crippen LogP contribution in [0.25, 0.3) is 0 Å². The molecule has 8 heteroatoms. The topological polar surface area (TPSA) is 23.1 Å². The third kappa shape index (κ3) is 3.19. The number of benzene rings is 1. The van der Waals surface area contributed by atoms with Gasteiger partial charge >= 0.3 is 12.4 Å². The van der Waals surface area contributed by atoms with Gasteiger partial charge in [0.1, 0.15) is 0 Å². The number of rotatable bonds is 1. The normalized spacial score (nSPS) is 25.8. The van der Waals surface area contributed by atoms with Gasteiger partial charge in [-0.1, -0.05) is 0 Å². The van der Waals surface area contributed by atoms with Gasteiger partial charge < -0.3 is 0 Å². The Morgan fingerprint density at radius 1 is 0.870 bits per heavy atom. The zero-order chi connectivity index (χ0) is 17.8. The molecule has 1 saturated heterocycles. The molecule has 1 aromatic carbocycles. The fourth-order valence-corrected chi connectivity index (χ4v) is 2.95. The van der Waals surface area contributed by atoms with E-state index in [0.29, 0.717) is 23.6 Å². The van der Waals surface area contributed by atoms with Crippen molar-refractivity contribution < 1.29 is 31.5 Å². The molecule has 2 rings (SSSR count). The Morgan fingerprint density at radius 2 is 1.30 bits per heavy atom. The van der Waals surface area contributed by atoms with Crippen molar-refractivity contribution in [2.75, 3.05) is 0 Å². The van der Waals surface area contributed by atoms with Crippen LogP contribution in [0.3, 0.4) is 0 Å². The van der Waals surface area contributed by atoms with E-state index in [2.05, 4.69) is 0 Å². The maximum atomic E-state index is 12.9. The van der Waals surface area contributed by atoms with E-state index in [1.165, 1.54) is 6.92 Å². The minimum atomic E-state index is -4.92. The first-order valence-electron chi connectivity index (χ1n) is 6.95. The van der Waals surface area contributed by atoms with E-state index in [1.807, 2.05) is 0 Å². The average molecular weight is 340 g/mol. The van der Waals surface area contributed by atoms with Crippen LogP contribution in [0.1, 0.15) is 50.3 Å². The molecule has 1 aliphatic rings. The summed E-state index contributed by atoms with van der Waals surface area (Å²) in [6.07, 6.45) is -9.28. The number of hydrogen-bond donors (Lipinski definition) is 0. The highest BCUT2D eigenvalue weighted by atomic mass is 19.4. The van der Waals surface area contributed by atoms with E-state index in [1.54, 1.807) is 13.8 Å². The summed E-state index contributed by atoms with van der Waals surface area (Å²) in [6, 6.07) is 1.35. The van der Waals surface area contributed by atoms with Crippen molar-refractivity contribution in [3.8, 4) is 0 Å². The molecule has 0 amide bonds. The van der Waals surface area contributed by atoms with Gasteiger partial charge in [-0.3, -0.25) is 0 Å². The van der Waals surface area contributed by atoms with Gasteiger partial charge in [-0.05, 0) is 57.4 Å².